The zero-order valence-corrected chi connectivity index (χ0v) is 17.0. The molecule has 6 heteroatoms. The lowest BCUT2D eigenvalue weighted by Crippen LogP contribution is -2.28. The predicted molar refractivity (Wildman–Crippen MR) is 112 cm³/mol. The molecule has 2 aromatic rings. The monoisotopic (exact) mass is 394 g/mol. The highest BCUT2D eigenvalue weighted by atomic mass is 16.5. The number of benzene rings is 2. The van der Waals surface area contributed by atoms with Gasteiger partial charge in [0.25, 0.3) is 5.91 Å². The van der Waals surface area contributed by atoms with Crippen molar-refractivity contribution in [3.8, 4) is 0 Å². The van der Waals surface area contributed by atoms with Gasteiger partial charge in [-0.2, -0.15) is 0 Å². The van der Waals surface area contributed by atoms with Gasteiger partial charge in [0.1, 0.15) is 0 Å². The van der Waals surface area contributed by atoms with E-state index in [1.165, 1.54) is 0 Å². The minimum atomic E-state index is -0.568. The molecule has 29 heavy (non-hydrogen) atoms. The van der Waals surface area contributed by atoms with Gasteiger partial charge in [-0.25, -0.2) is 0 Å². The summed E-state index contributed by atoms with van der Waals surface area (Å²) in [5, 5.41) is 2.75. The summed E-state index contributed by atoms with van der Waals surface area (Å²) in [4.78, 5) is 38.6. The molecule has 0 unspecified atom stereocenters. The Labute approximate surface area is 170 Å². The minimum Gasteiger partial charge on any atom is -0.455 e. The molecule has 1 heterocycles. The van der Waals surface area contributed by atoms with Crippen LogP contribution in [0.2, 0.25) is 0 Å². The van der Waals surface area contributed by atoms with Crippen LogP contribution in [0.1, 0.15) is 30.0 Å². The molecule has 0 radical (unpaired) electrons. The summed E-state index contributed by atoms with van der Waals surface area (Å²) >= 11 is 0. The molecule has 3 rings (SSSR count). The maximum atomic E-state index is 12.4. The first-order chi connectivity index (χ1) is 13.9. The molecule has 2 amide bonds. The molecule has 0 spiro atoms. The van der Waals surface area contributed by atoms with E-state index in [1.807, 2.05) is 63.2 Å². The van der Waals surface area contributed by atoms with Crippen molar-refractivity contribution in [2.75, 3.05) is 23.4 Å². The van der Waals surface area contributed by atoms with E-state index < -0.39 is 17.8 Å². The lowest BCUT2D eigenvalue weighted by atomic mass is 10.1. The summed E-state index contributed by atoms with van der Waals surface area (Å²) in [6.45, 7) is 5.81. The summed E-state index contributed by atoms with van der Waals surface area (Å²) in [6, 6.07) is 13.4. The van der Waals surface area contributed by atoms with E-state index in [1.54, 1.807) is 4.90 Å². The molecule has 0 aliphatic carbocycles. The summed E-state index contributed by atoms with van der Waals surface area (Å²) < 4.78 is 5.18. The smallest absolute Gasteiger partial charge is 0.311 e. The van der Waals surface area contributed by atoms with Crippen molar-refractivity contribution < 1.29 is 19.1 Å². The summed E-state index contributed by atoms with van der Waals surface area (Å²) in [5.74, 6) is -1.60. The lowest BCUT2D eigenvalue weighted by molar-refractivity contribution is -0.151. The van der Waals surface area contributed by atoms with E-state index >= 15 is 0 Å². The van der Waals surface area contributed by atoms with Crippen molar-refractivity contribution in [2.45, 2.75) is 33.6 Å². The molecule has 152 valence electrons. The van der Waals surface area contributed by atoms with Gasteiger partial charge in [0.15, 0.2) is 6.61 Å². The maximum Gasteiger partial charge on any atom is 0.311 e. The number of carbonyl (C=O) groups excluding carboxylic acids is 3. The highest BCUT2D eigenvalue weighted by Gasteiger charge is 2.37. The largest absolute Gasteiger partial charge is 0.455 e. The van der Waals surface area contributed by atoms with Gasteiger partial charge in [0.2, 0.25) is 5.91 Å². The van der Waals surface area contributed by atoms with E-state index in [2.05, 4.69) is 5.32 Å². The van der Waals surface area contributed by atoms with E-state index in [0.717, 1.165) is 28.8 Å². The topological polar surface area (TPSA) is 75.7 Å². The fourth-order valence-electron chi connectivity index (χ4n) is 3.57. The summed E-state index contributed by atoms with van der Waals surface area (Å²) in [5.41, 5.74) is 4.63. The van der Waals surface area contributed by atoms with Crippen LogP contribution in [0.3, 0.4) is 0 Å². The maximum absolute atomic E-state index is 12.4. The number of rotatable bonds is 6. The Morgan fingerprint density at radius 3 is 2.66 bits per heavy atom. The van der Waals surface area contributed by atoms with Gasteiger partial charge in [-0.3, -0.25) is 14.4 Å². The number of para-hydroxylation sites is 1. The Balaban J connectivity index is 1.56. The number of amides is 2. The standard InChI is InChI=1S/C23H26N2O4/c1-4-17-7-5-6-8-20(17)25-13-18(12-22(25)27)23(28)29-14-21(26)24-19-10-9-15(2)11-16(19)3/h5-11,18H,4,12-14H2,1-3H3,(H,24,26)/t18-/m0/s1. The third kappa shape index (κ3) is 4.83. The SMILES string of the molecule is CCc1ccccc1N1C[C@@H](C(=O)OCC(=O)Nc2ccc(C)cc2C)CC1=O. The Hall–Kier alpha value is -3.15. The van der Waals surface area contributed by atoms with E-state index in [0.29, 0.717) is 5.69 Å². The number of carbonyl (C=O) groups is 3. The highest BCUT2D eigenvalue weighted by molar-refractivity contribution is 6.00. The molecule has 1 atom stereocenters. The van der Waals surface area contributed by atoms with Crippen molar-refractivity contribution in [3.63, 3.8) is 0 Å². The quantitative estimate of drug-likeness (QED) is 0.762. The number of nitrogens with zero attached hydrogens (tertiary/aromatic N) is 1. The van der Waals surface area contributed by atoms with Crippen molar-refractivity contribution in [1.29, 1.82) is 0 Å². The third-order valence-electron chi connectivity index (χ3n) is 5.12. The van der Waals surface area contributed by atoms with Gasteiger partial charge in [-0.05, 0) is 43.5 Å². The molecule has 6 nitrogen and oxygen atoms in total. The van der Waals surface area contributed by atoms with Crippen LogP contribution in [-0.4, -0.2) is 30.9 Å². The number of aryl methyl sites for hydroxylation is 3. The average Bonchev–Trinajstić information content (AvgIpc) is 3.09. The van der Waals surface area contributed by atoms with Crippen LogP contribution >= 0.6 is 0 Å². The van der Waals surface area contributed by atoms with Gasteiger partial charge in [0.05, 0.1) is 5.92 Å². The molecule has 2 aromatic carbocycles. The van der Waals surface area contributed by atoms with Crippen LogP contribution in [0.5, 0.6) is 0 Å². The van der Waals surface area contributed by atoms with Gasteiger partial charge >= 0.3 is 5.97 Å². The van der Waals surface area contributed by atoms with Crippen molar-refractivity contribution in [2.24, 2.45) is 5.92 Å². The Kier molecular flexibility index (Phi) is 6.32. The van der Waals surface area contributed by atoms with Crippen molar-refractivity contribution >= 4 is 29.2 Å². The number of ether oxygens (including phenoxy) is 1. The van der Waals surface area contributed by atoms with E-state index in [-0.39, 0.29) is 25.5 Å². The third-order valence-corrected chi connectivity index (χ3v) is 5.12. The molecule has 0 bridgehead atoms. The zero-order valence-electron chi connectivity index (χ0n) is 17.0. The Morgan fingerprint density at radius 1 is 1.17 bits per heavy atom. The molecular formula is C23H26N2O4. The molecule has 1 saturated heterocycles. The molecule has 0 aromatic heterocycles. The zero-order chi connectivity index (χ0) is 21.0. The van der Waals surface area contributed by atoms with E-state index in [9.17, 15) is 14.4 Å². The first-order valence-electron chi connectivity index (χ1n) is 9.81. The second-order valence-corrected chi connectivity index (χ2v) is 7.36. The second kappa shape index (κ2) is 8.90. The number of hydrogen-bond acceptors (Lipinski definition) is 4. The Morgan fingerprint density at radius 2 is 1.93 bits per heavy atom. The molecule has 1 aliphatic heterocycles. The number of nitrogens with one attached hydrogen (secondary N) is 1. The average molecular weight is 394 g/mol. The molecule has 1 N–H and O–H groups in total. The second-order valence-electron chi connectivity index (χ2n) is 7.36. The molecular weight excluding hydrogens is 368 g/mol. The van der Waals surface area contributed by atoms with Gasteiger partial charge in [0, 0.05) is 24.3 Å². The first kappa shape index (κ1) is 20.6. The van der Waals surface area contributed by atoms with Crippen LogP contribution in [0.4, 0.5) is 11.4 Å². The summed E-state index contributed by atoms with van der Waals surface area (Å²) in [7, 11) is 0. The predicted octanol–water partition coefficient (Wildman–Crippen LogP) is 3.40. The molecule has 0 saturated carbocycles. The number of anilines is 2. The number of esters is 1. The minimum absolute atomic E-state index is 0.0928. The van der Waals surface area contributed by atoms with Gasteiger partial charge < -0.3 is 15.0 Å². The van der Waals surface area contributed by atoms with Crippen LogP contribution < -0.4 is 10.2 Å². The fraction of sp³-hybridized carbons (Fsp3) is 0.348. The summed E-state index contributed by atoms with van der Waals surface area (Å²) in [6.07, 6.45) is 0.892. The van der Waals surface area contributed by atoms with Gasteiger partial charge in [-0.15, -0.1) is 0 Å². The van der Waals surface area contributed by atoms with Crippen molar-refractivity contribution in [1.82, 2.24) is 0 Å². The fourth-order valence-corrected chi connectivity index (χ4v) is 3.57. The van der Waals surface area contributed by atoms with E-state index in [4.69, 9.17) is 4.74 Å². The van der Waals surface area contributed by atoms with Crippen molar-refractivity contribution in [3.05, 3.63) is 59.2 Å². The van der Waals surface area contributed by atoms with Crippen LogP contribution in [-0.2, 0) is 25.5 Å². The highest BCUT2D eigenvalue weighted by Crippen LogP contribution is 2.29. The lowest BCUT2D eigenvalue weighted by Gasteiger charge is -2.19. The first-order valence-corrected chi connectivity index (χ1v) is 9.81. The van der Waals surface area contributed by atoms with Crippen LogP contribution in [0, 0.1) is 19.8 Å². The number of hydrogen-bond donors (Lipinski definition) is 1. The normalized spacial score (nSPS) is 16.0. The molecule has 1 fully saturated rings. The molecule has 1 aliphatic rings. The Bertz CT molecular complexity index is 938. The van der Waals surface area contributed by atoms with Crippen LogP contribution in [0.15, 0.2) is 42.5 Å². The van der Waals surface area contributed by atoms with Crippen LogP contribution in [0.25, 0.3) is 0 Å². The van der Waals surface area contributed by atoms with Gasteiger partial charge in [-0.1, -0.05) is 42.8 Å².